The molecule has 0 spiro atoms. The molecule has 1 heterocycles. The standard InChI is InChI=1S/C25H33N7O3/c1-31(11-4-10-26)23-14-19(20-15-28-29-16-20)7-8-22(23)30-25(34)32(12-9-24(27)33)17-18-5-3-6-21(13-18)35-2/h3,5-8,13-16H,4,9-12,17,26H2,1-2H3,(H2,27,33)(H,28,29)(H,30,34). The number of primary amides is 1. The summed E-state index contributed by atoms with van der Waals surface area (Å²) in [7, 11) is 3.55. The van der Waals surface area contributed by atoms with Crippen molar-refractivity contribution in [1.82, 2.24) is 15.1 Å². The van der Waals surface area contributed by atoms with Gasteiger partial charge in [-0.3, -0.25) is 9.89 Å². The third-order valence-corrected chi connectivity index (χ3v) is 5.60. The van der Waals surface area contributed by atoms with Crippen molar-refractivity contribution < 1.29 is 14.3 Å². The highest BCUT2D eigenvalue weighted by Crippen LogP contribution is 2.31. The zero-order valence-electron chi connectivity index (χ0n) is 20.2. The summed E-state index contributed by atoms with van der Waals surface area (Å²) in [6, 6.07) is 12.9. The average Bonchev–Trinajstić information content (AvgIpc) is 3.40. The minimum Gasteiger partial charge on any atom is -0.497 e. The van der Waals surface area contributed by atoms with Crippen molar-refractivity contribution in [2.75, 3.05) is 44.0 Å². The number of urea groups is 1. The molecule has 35 heavy (non-hydrogen) atoms. The van der Waals surface area contributed by atoms with Crippen LogP contribution in [0.4, 0.5) is 16.2 Å². The van der Waals surface area contributed by atoms with E-state index in [-0.39, 0.29) is 19.0 Å². The molecule has 3 rings (SSSR count). The van der Waals surface area contributed by atoms with Gasteiger partial charge in [0.25, 0.3) is 0 Å². The van der Waals surface area contributed by atoms with Crippen LogP contribution < -0.4 is 26.4 Å². The first-order valence-electron chi connectivity index (χ1n) is 11.4. The Morgan fingerprint density at radius 3 is 2.66 bits per heavy atom. The number of H-pyrrole nitrogens is 1. The summed E-state index contributed by atoms with van der Waals surface area (Å²) in [4.78, 5) is 28.4. The molecule has 6 N–H and O–H groups in total. The molecular weight excluding hydrogens is 446 g/mol. The Balaban J connectivity index is 1.86. The number of carbonyl (C=O) groups excluding carboxylic acids is 2. The van der Waals surface area contributed by atoms with Crippen LogP contribution in [0.25, 0.3) is 11.1 Å². The first-order chi connectivity index (χ1) is 16.9. The second-order valence-electron chi connectivity index (χ2n) is 8.20. The largest absolute Gasteiger partial charge is 0.497 e. The van der Waals surface area contributed by atoms with Crippen LogP contribution in [-0.4, -0.2) is 60.8 Å². The number of aromatic nitrogens is 2. The van der Waals surface area contributed by atoms with Crippen molar-refractivity contribution in [2.45, 2.75) is 19.4 Å². The average molecular weight is 480 g/mol. The van der Waals surface area contributed by atoms with Crippen molar-refractivity contribution in [3.05, 3.63) is 60.4 Å². The van der Waals surface area contributed by atoms with Crippen LogP contribution in [0.2, 0.25) is 0 Å². The summed E-state index contributed by atoms with van der Waals surface area (Å²) in [6.07, 6.45) is 4.42. The van der Waals surface area contributed by atoms with Gasteiger partial charge >= 0.3 is 6.03 Å². The molecule has 10 nitrogen and oxygen atoms in total. The van der Waals surface area contributed by atoms with Crippen LogP contribution in [0.5, 0.6) is 5.75 Å². The minimum absolute atomic E-state index is 0.0556. The van der Waals surface area contributed by atoms with E-state index in [1.165, 1.54) is 0 Å². The molecule has 0 unspecified atom stereocenters. The Morgan fingerprint density at radius 2 is 1.97 bits per heavy atom. The van der Waals surface area contributed by atoms with Crippen LogP contribution in [0.1, 0.15) is 18.4 Å². The normalized spacial score (nSPS) is 10.6. The van der Waals surface area contributed by atoms with Crippen LogP contribution >= 0.6 is 0 Å². The zero-order valence-corrected chi connectivity index (χ0v) is 20.2. The smallest absolute Gasteiger partial charge is 0.322 e. The summed E-state index contributed by atoms with van der Waals surface area (Å²) in [5, 5.41) is 9.87. The Hall–Kier alpha value is -4.05. The molecule has 2 aromatic carbocycles. The van der Waals surface area contributed by atoms with Crippen LogP contribution in [-0.2, 0) is 11.3 Å². The number of rotatable bonds is 12. The van der Waals surface area contributed by atoms with E-state index >= 15 is 0 Å². The molecule has 0 atom stereocenters. The van der Waals surface area contributed by atoms with Crippen molar-refractivity contribution in [3.8, 4) is 16.9 Å². The van der Waals surface area contributed by atoms with Gasteiger partial charge in [0.15, 0.2) is 0 Å². The number of carbonyl (C=O) groups is 2. The lowest BCUT2D eigenvalue weighted by atomic mass is 10.1. The van der Waals surface area contributed by atoms with E-state index < -0.39 is 5.91 Å². The topological polar surface area (TPSA) is 143 Å². The Morgan fingerprint density at radius 1 is 1.14 bits per heavy atom. The van der Waals surface area contributed by atoms with Gasteiger partial charge in [-0.1, -0.05) is 18.2 Å². The first kappa shape index (κ1) is 25.6. The Kier molecular flexibility index (Phi) is 9.08. The lowest BCUT2D eigenvalue weighted by Gasteiger charge is -2.26. The number of hydrogen-bond donors (Lipinski definition) is 4. The number of anilines is 2. The number of nitrogens with zero attached hydrogens (tertiary/aromatic N) is 3. The van der Waals surface area contributed by atoms with Gasteiger partial charge in [0.05, 0.1) is 24.7 Å². The predicted octanol–water partition coefficient (Wildman–Crippen LogP) is 2.78. The molecule has 10 heteroatoms. The molecule has 0 fully saturated rings. The van der Waals surface area contributed by atoms with Gasteiger partial charge in [-0.2, -0.15) is 5.10 Å². The Labute approximate surface area is 205 Å². The molecule has 3 amide bonds. The van der Waals surface area contributed by atoms with E-state index in [4.69, 9.17) is 16.2 Å². The van der Waals surface area contributed by atoms with Gasteiger partial charge in [0, 0.05) is 44.9 Å². The third kappa shape index (κ3) is 7.21. The van der Waals surface area contributed by atoms with Crippen LogP contribution in [0.15, 0.2) is 54.9 Å². The highest BCUT2D eigenvalue weighted by atomic mass is 16.5. The summed E-state index contributed by atoms with van der Waals surface area (Å²) >= 11 is 0. The van der Waals surface area contributed by atoms with Crippen molar-refractivity contribution in [3.63, 3.8) is 0 Å². The van der Waals surface area contributed by atoms with Crippen LogP contribution in [0, 0.1) is 0 Å². The SMILES string of the molecule is COc1cccc(CN(CCC(N)=O)C(=O)Nc2ccc(-c3cn[nH]c3)cc2N(C)CCCN)c1. The monoisotopic (exact) mass is 479 g/mol. The van der Waals surface area contributed by atoms with Gasteiger partial charge in [-0.25, -0.2) is 4.79 Å². The van der Waals surface area contributed by atoms with Crippen molar-refractivity contribution >= 4 is 23.3 Å². The lowest BCUT2D eigenvalue weighted by Crippen LogP contribution is -2.37. The fourth-order valence-corrected chi connectivity index (χ4v) is 3.67. The number of hydrogen-bond acceptors (Lipinski definition) is 6. The quantitative estimate of drug-likeness (QED) is 0.315. The maximum absolute atomic E-state index is 13.4. The van der Waals surface area contributed by atoms with Gasteiger partial charge in [-0.15, -0.1) is 0 Å². The van der Waals surface area contributed by atoms with E-state index in [1.54, 1.807) is 18.2 Å². The summed E-state index contributed by atoms with van der Waals surface area (Å²) in [5.41, 5.74) is 15.4. The van der Waals surface area contributed by atoms with Gasteiger partial charge < -0.3 is 31.3 Å². The fraction of sp³-hybridized carbons (Fsp3) is 0.320. The number of amides is 3. The number of benzene rings is 2. The molecule has 0 saturated heterocycles. The van der Waals surface area contributed by atoms with E-state index in [9.17, 15) is 9.59 Å². The molecule has 0 aliphatic carbocycles. The van der Waals surface area contributed by atoms with Gasteiger partial charge in [0.1, 0.15) is 5.75 Å². The molecule has 0 saturated carbocycles. The predicted molar refractivity (Wildman–Crippen MR) is 137 cm³/mol. The minimum atomic E-state index is -0.472. The number of nitrogens with one attached hydrogen (secondary N) is 2. The lowest BCUT2D eigenvalue weighted by molar-refractivity contribution is -0.118. The van der Waals surface area contributed by atoms with Gasteiger partial charge in [-0.05, 0) is 48.4 Å². The number of nitrogens with two attached hydrogens (primary N) is 2. The van der Waals surface area contributed by atoms with E-state index in [0.29, 0.717) is 24.5 Å². The molecule has 0 aliphatic heterocycles. The molecule has 3 aromatic rings. The summed E-state index contributed by atoms with van der Waals surface area (Å²) in [5.74, 6) is 0.219. The zero-order chi connectivity index (χ0) is 25.2. The number of methoxy groups -OCH3 is 1. The highest BCUT2D eigenvalue weighted by molar-refractivity contribution is 5.94. The molecule has 0 radical (unpaired) electrons. The Bertz CT molecular complexity index is 1120. The van der Waals surface area contributed by atoms with Crippen molar-refractivity contribution in [1.29, 1.82) is 0 Å². The number of aromatic amines is 1. The summed E-state index contributed by atoms with van der Waals surface area (Å²) in [6.45, 7) is 1.77. The number of ether oxygens (including phenoxy) is 1. The molecular formula is C25H33N7O3. The van der Waals surface area contributed by atoms with E-state index in [1.807, 2.05) is 55.7 Å². The van der Waals surface area contributed by atoms with E-state index in [0.717, 1.165) is 35.3 Å². The van der Waals surface area contributed by atoms with Gasteiger partial charge in [0.2, 0.25) is 5.91 Å². The van der Waals surface area contributed by atoms with Crippen molar-refractivity contribution in [2.24, 2.45) is 11.5 Å². The second kappa shape index (κ2) is 12.4. The second-order valence-corrected chi connectivity index (χ2v) is 8.20. The molecule has 0 bridgehead atoms. The molecule has 186 valence electrons. The van der Waals surface area contributed by atoms with E-state index in [2.05, 4.69) is 20.4 Å². The molecule has 1 aromatic heterocycles. The molecule has 0 aliphatic rings. The first-order valence-corrected chi connectivity index (χ1v) is 11.4. The van der Waals surface area contributed by atoms with Crippen LogP contribution in [0.3, 0.4) is 0 Å². The maximum Gasteiger partial charge on any atom is 0.322 e. The fourth-order valence-electron chi connectivity index (χ4n) is 3.67. The summed E-state index contributed by atoms with van der Waals surface area (Å²) < 4.78 is 5.29. The highest BCUT2D eigenvalue weighted by Gasteiger charge is 2.19. The third-order valence-electron chi connectivity index (χ3n) is 5.60. The maximum atomic E-state index is 13.4.